The number of likely N-dealkylation sites (N-methyl/N-ethyl adjacent to an activating group) is 1. The van der Waals surface area contributed by atoms with Crippen LogP contribution in [0.5, 0.6) is 0 Å². The van der Waals surface area contributed by atoms with E-state index < -0.39 is 0 Å². The van der Waals surface area contributed by atoms with Gasteiger partial charge in [0.1, 0.15) is 6.61 Å². The van der Waals surface area contributed by atoms with Crippen LogP contribution in [0.25, 0.3) is 0 Å². The third-order valence-electron chi connectivity index (χ3n) is 16.9. The zero-order valence-corrected chi connectivity index (χ0v) is 34.0. The summed E-state index contributed by atoms with van der Waals surface area (Å²) in [5, 5.41) is 0. The number of hydrogen-bond donors (Lipinski definition) is 0. The first-order valence-corrected chi connectivity index (χ1v) is 20.8. The van der Waals surface area contributed by atoms with E-state index in [1.165, 1.54) is 6.42 Å². The zero-order chi connectivity index (χ0) is 37.1. The topological polar surface area (TPSA) is 60.5 Å². The van der Waals surface area contributed by atoms with Crippen LogP contribution in [0.15, 0.2) is 42.0 Å². The van der Waals surface area contributed by atoms with E-state index in [1.54, 1.807) is 5.57 Å². The molecule has 4 aliphatic carbocycles. The van der Waals surface area contributed by atoms with Crippen LogP contribution in [-0.4, -0.2) is 94.7 Å². The quantitative estimate of drug-likeness (QED) is 0.180. The van der Waals surface area contributed by atoms with E-state index in [0.717, 1.165) is 90.2 Å². The lowest BCUT2D eigenvalue weighted by atomic mass is 9.34. The fourth-order valence-corrected chi connectivity index (χ4v) is 13.2. The second-order valence-electron chi connectivity index (χ2n) is 19.5. The summed E-state index contributed by atoms with van der Waals surface area (Å²) in [5.41, 5.74) is 2.08. The number of methoxy groups -OCH3 is 1. The molecule has 0 amide bonds. The molecule has 290 valence electrons. The van der Waals surface area contributed by atoms with Gasteiger partial charge in [-0.15, -0.1) is 0 Å². The Kier molecular flexibility index (Phi) is 10.6. The van der Waals surface area contributed by atoms with E-state index in [-0.39, 0.29) is 51.2 Å². The number of rotatable bonds is 10. The van der Waals surface area contributed by atoms with Crippen molar-refractivity contribution in [2.24, 2.45) is 56.7 Å². The highest BCUT2D eigenvalue weighted by atomic mass is 16.5. The lowest BCUT2D eigenvalue weighted by Gasteiger charge is -2.71. The molecule has 7 nitrogen and oxygen atoms in total. The van der Waals surface area contributed by atoms with Crippen LogP contribution in [0.3, 0.4) is 0 Å². The van der Waals surface area contributed by atoms with Gasteiger partial charge in [0, 0.05) is 50.7 Å². The predicted octanol–water partition coefficient (Wildman–Crippen LogP) is 7.88. The number of carbonyl (C=O) groups is 1. The molecule has 1 aromatic carbocycles. The molecule has 0 radical (unpaired) electrons. The fourth-order valence-electron chi connectivity index (χ4n) is 13.2. The molecule has 0 unspecified atom stereocenters. The van der Waals surface area contributed by atoms with Crippen LogP contribution in [0.1, 0.15) is 92.6 Å². The van der Waals surface area contributed by atoms with Crippen molar-refractivity contribution in [1.82, 2.24) is 9.80 Å². The Morgan fingerprint density at radius 1 is 0.962 bits per heavy atom. The van der Waals surface area contributed by atoms with Crippen LogP contribution in [0.2, 0.25) is 0 Å². The molecule has 2 saturated heterocycles. The second-order valence-corrected chi connectivity index (χ2v) is 19.5. The van der Waals surface area contributed by atoms with E-state index in [0.29, 0.717) is 30.3 Å². The van der Waals surface area contributed by atoms with Gasteiger partial charge in [0.05, 0.1) is 37.9 Å². The van der Waals surface area contributed by atoms with Crippen LogP contribution in [0.4, 0.5) is 0 Å². The van der Waals surface area contributed by atoms with Crippen molar-refractivity contribution in [1.29, 1.82) is 0 Å². The molecule has 7 rings (SSSR count). The van der Waals surface area contributed by atoms with Gasteiger partial charge in [-0.05, 0) is 91.1 Å². The lowest BCUT2D eigenvalue weighted by molar-refractivity contribution is -0.267. The van der Waals surface area contributed by atoms with Crippen LogP contribution < -0.4 is 0 Å². The molecule has 11 atom stereocenters. The number of benzene rings is 1. The minimum atomic E-state index is -0.225. The van der Waals surface area contributed by atoms with Gasteiger partial charge >= 0.3 is 5.97 Å². The molecule has 6 aliphatic rings. The molecule has 0 spiro atoms. The number of hydrogen-bond acceptors (Lipinski definition) is 7. The highest BCUT2D eigenvalue weighted by molar-refractivity contribution is 5.75. The van der Waals surface area contributed by atoms with Crippen LogP contribution >= 0.6 is 0 Å². The largest absolute Gasteiger partial charge is 0.461 e. The van der Waals surface area contributed by atoms with Gasteiger partial charge in [-0.25, -0.2) is 0 Å². The molecule has 0 aromatic heterocycles. The van der Waals surface area contributed by atoms with Crippen LogP contribution in [-0.2, 0) is 30.3 Å². The van der Waals surface area contributed by atoms with Gasteiger partial charge in [0.25, 0.3) is 0 Å². The molecule has 7 heteroatoms. The number of ether oxygens (including phenoxy) is 4. The van der Waals surface area contributed by atoms with E-state index in [4.69, 9.17) is 18.9 Å². The summed E-state index contributed by atoms with van der Waals surface area (Å²) >= 11 is 0. The summed E-state index contributed by atoms with van der Waals surface area (Å²) < 4.78 is 26.5. The van der Waals surface area contributed by atoms with Gasteiger partial charge in [-0.1, -0.05) is 90.4 Å². The minimum absolute atomic E-state index is 0.00164. The van der Waals surface area contributed by atoms with E-state index >= 15 is 0 Å². The average Bonchev–Trinajstić information content (AvgIpc) is 3.12. The molecule has 2 aliphatic heterocycles. The molecule has 2 heterocycles. The number of allylic oxidation sites excluding steroid dienone is 1. The van der Waals surface area contributed by atoms with Gasteiger partial charge in [0.15, 0.2) is 0 Å². The number of nitrogens with zero attached hydrogens (tertiary/aromatic N) is 2. The van der Waals surface area contributed by atoms with Crippen molar-refractivity contribution in [3.8, 4) is 0 Å². The van der Waals surface area contributed by atoms with E-state index in [1.807, 2.05) is 25.3 Å². The number of fused-ring (bicyclic) bond motifs is 3. The molecule has 2 bridgehead atoms. The SMILES string of the molecule is CO[C@@H]1C[C@@]23COC[C@@](C)([C@@H]2CC[C@H]2C3=CC[C@@]3(C)[C@H](C(=O)OCc4ccccc4)[C@@](C)([C@H](C)C(C)C)CC[C@]23C)[C@H]1OCCN1CCN(C)CC1. The Balaban J connectivity index is 1.19. The monoisotopic (exact) mass is 719 g/mol. The van der Waals surface area contributed by atoms with Crippen molar-refractivity contribution in [2.45, 2.75) is 106 Å². The van der Waals surface area contributed by atoms with Gasteiger partial charge in [-0.3, -0.25) is 9.69 Å². The Morgan fingerprint density at radius 2 is 1.69 bits per heavy atom. The Labute approximate surface area is 315 Å². The molecule has 5 fully saturated rings. The maximum absolute atomic E-state index is 14.7. The molecule has 52 heavy (non-hydrogen) atoms. The zero-order valence-electron chi connectivity index (χ0n) is 34.0. The second kappa shape index (κ2) is 14.4. The highest BCUT2D eigenvalue weighted by Crippen LogP contribution is 2.75. The van der Waals surface area contributed by atoms with Crippen LogP contribution in [0, 0.1) is 56.7 Å². The summed E-state index contributed by atoms with van der Waals surface area (Å²) in [4.78, 5) is 19.7. The highest BCUT2D eigenvalue weighted by Gasteiger charge is 2.72. The third kappa shape index (κ3) is 6.06. The van der Waals surface area contributed by atoms with E-state index in [9.17, 15) is 4.79 Å². The van der Waals surface area contributed by atoms with E-state index in [2.05, 4.69) is 83.5 Å². The Bertz CT molecular complexity index is 1460. The Hall–Kier alpha value is -1.77. The smallest absolute Gasteiger partial charge is 0.310 e. The summed E-state index contributed by atoms with van der Waals surface area (Å²) in [6, 6.07) is 10.2. The van der Waals surface area contributed by atoms with Crippen molar-refractivity contribution in [2.75, 3.05) is 66.7 Å². The van der Waals surface area contributed by atoms with Gasteiger partial charge in [-0.2, -0.15) is 0 Å². The molecule has 0 N–H and O–H groups in total. The lowest BCUT2D eigenvalue weighted by Crippen LogP contribution is -2.70. The van der Waals surface area contributed by atoms with Crippen molar-refractivity contribution >= 4 is 5.97 Å². The molecule has 3 saturated carbocycles. The standard InChI is InChI=1S/C45H70N2O5/c1-31(2)32(3)41(4)19-20-43(6)34-15-16-37-42(5)29-50-30-45(37,27-36(49-9)39(42)51-26-25-47-23-21-46(8)22-24-47)35(34)17-18-44(43,7)38(41)40(48)52-28-33-13-11-10-12-14-33/h10-14,17,31-32,34,36-39H,15-16,18-30H2,1-9H3/t32-,34+,36-,37+,38-,39+,41-,42+,43-,44+,45+/m1/s1. The first kappa shape index (κ1) is 38.5. The maximum Gasteiger partial charge on any atom is 0.310 e. The summed E-state index contributed by atoms with van der Waals surface area (Å²) in [6.07, 6.45) is 9.02. The Morgan fingerprint density at radius 3 is 2.38 bits per heavy atom. The van der Waals surface area contributed by atoms with Crippen molar-refractivity contribution < 1.29 is 23.7 Å². The summed E-state index contributed by atoms with van der Waals surface area (Å²) in [5.74, 6) is 1.59. The molecule has 1 aromatic rings. The number of carbonyl (C=O) groups excluding carboxylic acids is 1. The predicted molar refractivity (Wildman–Crippen MR) is 207 cm³/mol. The normalized spacial score (nSPS) is 42.8. The van der Waals surface area contributed by atoms with Crippen molar-refractivity contribution in [3.63, 3.8) is 0 Å². The minimum Gasteiger partial charge on any atom is -0.461 e. The molecular weight excluding hydrogens is 649 g/mol. The third-order valence-corrected chi connectivity index (χ3v) is 16.9. The van der Waals surface area contributed by atoms with Gasteiger partial charge in [0.2, 0.25) is 0 Å². The average molecular weight is 719 g/mol. The van der Waals surface area contributed by atoms with Crippen molar-refractivity contribution in [3.05, 3.63) is 47.5 Å². The first-order valence-electron chi connectivity index (χ1n) is 20.8. The number of esters is 1. The summed E-state index contributed by atoms with van der Waals surface area (Å²) in [7, 11) is 4.11. The molecular formula is C45H70N2O5. The fraction of sp³-hybridized carbons (Fsp3) is 0.800. The number of piperazine rings is 1. The maximum atomic E-state index is 14.7. The van der Waals surface area contributed by atoms with Gasteiger partial charge < -0.3 is 23.8 Å². The summed E-state index contributed by atoms with van der Waals surface area (Å²) in [6.45, 7) is 24.9. The first-order chi connectivity index (χ1) is 24.7.